The third-order valence-corrected chi connectivity index (χ3v) is 5.68. The maximum Gasteiger partial charge on any atom is 0.449 e. The van der Waals surface area contributed by atoms with Gasteiger partial charge < -0.3 is 8.98 Å². The van der Waals surface area contributed by atoms with Crippen LogP contribution in [0.4, 0.5) is 17.6 Å². The van der Waals surface area contributed by atoms with Crippen molar-refractivity contribution in [3.8, 4) is 0 Å². The number of furan rings is 1. The average molecular weight is 449 g/mol. The Labute approximate surface area is 179 Å². The SMILES string of the molecule is Fc1ccc2c(c1)nc(C(F)(F)F)n2C1CCN(Cc2nnnn2Cc2ccco2)CC1. The number of rotatable bonds is 5. The Bertz CT molecular complexity index is 1210. The fourth-order valence-corrected chi connectivity index (χ4v) is 4.19. The second-order valence-corrected chi connectivity index (χ2v) is 7.78. The maximum atomic E-state index is 13.7. The molecule has 5 rings (SSSR count). The zero-order chi connectivity index (χ0) is 22.3. The van der Waals surface area contributed by atoms with Gasteiger partial charge in [-0.05, 0) is 47.5 Å². The number of halogens is 4. The van der Waals surface area contributed by atoms with Crippen LogP contribution in [0.2, 0.25) is 0 Å². The molecule has 0 aliphatic carbocycles. The summed E-state index contributed by atoms with van der Waals surface area (Å²) in [5.74, 6) is -0.225. The van der Waals surface area contributed by atoms with Crippen molar-refractivity contribution in [1.82, 2.24) is 34.7 Å². The van der Waals surface area contributed by atoms with Gasteiger partial charge in [0.2, 0.25) is 5.82 Å². The lowest BCUT2D eigenvalue weighted by Gasteiger charge is -2.33. The molecule has 1 aliphatic heterocycles. The number of hydrogen-bond donors (Lipinski definition) is 0. The van der Waals surface area contributed by atoms with Gasteiger partial charge in [0.05, 0.1) is 23.8 Å². The Morgan fingerprint density at radius 3 is 2.62 bits per heavy atom. The summed E-state index contributed by atoms with van der Waals surface area (Å²) in [5.41, 5.74) is 0.302. The van der Waals surface area contributed by atoms with E-state index in [-0.39, 0.29) is 5.52 Å². The van der Waals surface area contributed by atoms with E-state index in [0.717, 1.165) is 17.9 Å². The van der Waals surface area contributed by atoms with Crippen molar-refractivity contribution >= 4 is 11.0 Å². The molecule has 32 heavy (non-hydrogen) atoms. The van der Waals surface area contributed by atoms with Gasteiger partial charge in [0.25, 0.3) is 0 Å². The fourth-order valence-electron chi connectivity index (χ4n) is 4.19. The van der Waals surface area contributed by atoms with E-state index in [4.69, 9.17) is 4.42 Å². The summed E-state index contributed by atoms with van der Waals surface area (Å²) in [7, 11) is 0. The van der Waals surface area contributed by atoms with E-state index in [9.17, 15) is 17.6 Å². The molecular formula is C20H19F4N7O. The van der Waals surface area contributed by atoms with Crippen molar-refractivity contribution in [2.75, 3.05) is 13.1 Å². The minimum absolute atomic E-state index is 0.0110. The molecule has 0 N–H and O–H groups in total. The minimum Gasteiger partial charge on any atom is -0.467 e. The number of piperidine rings is 1. The van der Waals surface area contributed by atoms with Crippen LogP contribution in [-0.2, 0) is 19.3 Å². The van der Waals surface area contributed by atoms with Crippen LogP contribution in [0.3, 0.4) is 0 Å². The van der Waals surface area contributed by atoms with Crippen LogP contribution in [-0.4, -0.2) is 47.7 Å². The lowest BCUT2D eigenvalue weighted by Crippen LogP contribution is -2.36. The molecule has 12 heteroatoms. The predicted octanol–water partition coefficient (Wildman–Crippen LogP) is 3.66. The number of imidazole rings is 1. The fraction of sp³-hybridized carbons (Fsp3) is 0.400. The van der Waals surface area contributed by atoms with Gasteiger partial charge in [0, 0.05) is 25.2 Å². The van der Waals surface area contributed by atoms with Gasteiger partial charge in [0.15, 0.2) is 5.82 Å². The second-order valence-electron chi connectivity index (χ2n) is 7.78. The van der Waals surface area contributed by atoms with Gasteiger partial charge in [-0.1, -0.05) is 0 Å². The molecule has 1 aliphatic rings. The van der Waals surface area contributed by atoms with Gasteiger partial charge in [-0.3, -0.25) is 4.90 Å². The highest BCUT2D eigenvalue weighted by Gasteiger charge is 2.40. The number of likely N-dealkylation sites (tertiary alicyclic amines) is 1. The molecule has 1 aromatic carbocycles. The summed E-state index contributed by atoms with van der Waals surface area (Å²) in [6.45, 7) is 2.01. The van der Waals surface area contributed by atoms with Crippen LogP contribution in [0, 0.1) is 5.82 Å². The first-order valence-corrected chi connectivity index (χ1v) is 10.1. The first-order chi connectivity index (χ1) is 15.4. The van der Waals surface area contributed by atoms with E-state index in [2.05, 4.69) is 25.4 Å². The summed E-state index contributed by atoms with van der Waals surface area (Å²) in [4.78, 5) is 5.80. The molecule has 8 nitrogen and oxygen atoms in total. The van der Waals surface area contributed by atoms with Gasteiger partial charge in [-0.2, -0.15) is 13.2 Å². The van der Waals surface area contributed by atoms with Crippen LogP contribution in [0.15, 0.2) is 41.0 Å². The van der Waals surface area contributed by atoms with E-state index in [1.54, 1.807) is 17.0 Å². The monoisotopic (exact) mass is 449 g/mol. The maximum absolute atomic E-state index is 13.7. The summed E-state index contributed by atoms with van der Waals surface area (Å²) >= 11 is 0. The largest absolute Gasteiger partial charge is 0.467 e. The highest BCUT2D eigenvalue weighted by atomic mass is 19.4. The number of fused-ring (bicyclic) bond motifs is 1. The molecule has 0 atom stereocenters. The molecule has 0 spiro atoms. The summed E-state index contributed by atoms with van der Waals surface area (Å²) in [5, 5.41) is 11.8. The number of benzene rings is 1. The molecule has 4 aromatic rings. The number of tetrazole rings is 1. The Kier molecular flexibility index (Phi) is 5.16. The molecule has 0 unspecified atom stereocenters. The lowest BCUT2D eigenvalue weighted by molar-refractivity contribution is -0.148. The molecule has 3 aromatic heterocycles. The van der Waals surface area contributed by atoms with Crippen LogP contribution in [0.1, 0.15) is 36.3 Å². The molecule has 0 saturated carbocycles. The molecule has 0 amide bonds. The van der Waals surface area contributed by atoms with Gasteiger partial charge in [-0.25, -0.2) is 14.1 Å². The first kappa shape index (κ1) is 20.6. The normalized spacial score (nSPS) is 16.2. The quantitative estimate of drug-likeness (QED) is 0.433. The van der Waals surface area contributed by atoms with Gasteiger partial charge in [-0.15, -0.1) is 5.10 Å². The third kappa shape index (κ3) is 3.97. The summed E-state index contributed by atoms with van der Waals surface area (Å²) in [6, 6.07) is 6.79. The molecular weight excluding hydrogens is 430 g/mol. The van der Waals surface area contributed by atoms with Crippen LogP contribution in [0.5, 0.6) is 0 Å². The summed E-state index contributed by atoms with van der Waals surface area (Å²) in [6.07, 6.45) is -2.06. The van der Waals surface area contributed by atoms with E-state index in [0.29, 0.717) is 50.4 Å². The first-order valence-electron chi connectivity index (χ1n) is 10.1. The van der Waals surface area contributed by atoms with Crippen molar-refractivity contribution in [2.45, 2.75) is 38.1 Å². The number of alkyl halides is 3. The van der Waals surface area contributed by atoms with Crippen molar-refractivity contribution in [3.63, 3.8) is 0 Å². The molecule has 1 fully saturated rings. The number of hydrogen-bond acceptors (Lipinski definition) is 6. The lowest BCUT2D eigenvalue weighted by atomic mass is 10.0. The van der Waals surface area contributed by atoms with Crippen LogP contribution < -0.4 is 0 Å². The third-order valence-electron chi connectivity index (χ3n) is 5.68. The van der Waals surface area contributed by atoms with Crippen molar-refractivity contribution in [3.05, 3.63) is 59.8 Å². The molecule has 0 bridgehead atoms. The minimum atomic E-state index is -4.62. The average Bonchev–Trinajstić information content (AvgIpc) is 3.49. The van der Waals surface area contributed by atoms with Gasteiger partial charge in [0.1, 0.15) is 18.1 Å². The smallest absolute Gasteiger partial charge is 0.449 e. The number of aromatic nitrogens is 6. The molecule has 0 radical (unpaired) electrons. The Balaban J connectivity index is 1.32. The van der Waals surface area contributed by atoms with E-state index in [1.807, 2.05) is 6.07 Å². The highest BCUT2D eigenvalue weighted by molar-refractivity contribution is 5.76. The Morgan fingerprint density at radius 2 is 1.91 bits per heavy atom. The number of nitrogens with zero attached hydrogens (tertiary/aromatic N) is 7. The molecule has 4 heterocycles. The topological polar surface area (TPSA) is 77.8 Å². The van der Waals surface area contributed by atoms with Crippen molar-refractivity contribution in [1.29, 1.82) is 0 Å². The van der Waals surface area contributed by atoms with E-state index < -0.39 is 23.9 Å². The van der Waals surface area contributed by atoms with E-state index >= 15 is 0 Å². The second kappa shape index (κ2) is 8.01. The highest BCUT2D eigenvalue weighted by Crippen LogP contribution is 2.37. The Morgan fingerprint density at radius 1 is 1.09 bits per heavy atom. The standard InChI is InChI=1S/C20H19F4N7O/c21-13-3-4-17-16(10-13)25-19(20(22,23)24)31(17)14-5-7-29(8-6-14)12-18-26-27-28-30(18)11-15-2-1-9-32-15/h1-4,9-10,14H,5-8,11-12H2. The summed E-state index contributed by atoms with van der Waals surface area (Å²) < 4.78 is 62.7. The van der Waals surface area contributed by atoms with E-state index in [1.165, 1.54) is 10.6 Å². The molecule has 1 saturated heterocycles. The van der Waals surface area contributed by atoms with Crippen molar-refractivity contribution in [2.24, 2.45) is 0 Å². The van der Waals surface area contributed by atoms with Gasteiger partial charge >= 0.3 is 6.18 Å². The van der Waals surface area contributed by atoms with Crippen LogP contribution in [0.25, 0.3) is 11.0 Å². The zero-order valence-corrected chi connectivity index (χ0v) is 16.8. The van der Waals surface area contributed by atoms with Crippen LogP contribution >= 0.6 is 0 Å². The molecule has 168 valence electrons. The zero-order valence-electron chi connectivity index (χ0n) is 16.8. The van der Waals surface area contributed by atoms with Crippen molar-refractivity contribution < 1.29 is 22.0 Å². The predicted molar refractivity (Wildman–Crippen MR) is 104 cm³/mol. The Hall–Kier alpha value is -3.28.